The largest absolute Gasteiger partial charge is 0.478 e. The Morgan fingerprint density at radius 2 is 2.14 bits per heavy atom. The molecule has 2 rings (SSSR count). The summed E-state index contributed by atoms with van der Waals surface area (Å²) in [6, 6.07) is 0. The van der Waals surface area contributed by atoms with E-state index in [0.29, 0.717) is 31.7 Å². The average Bonchev–Trinajstić information content (AvgIpc) is 2.99. The molecule has 2 N–H and O–H groups in total. The van der Waals surface area contributed by atoms with Crippen LogP contribution in [0.5, 0.6) is 0 Å². The van der Waals surface area contributed by atoms with E-state index in [-0.39, 0.29) is 5.56 Å². The van der Waals surface area contributed by atoms with E-state index in [1.54, 1.807) is 12.5 Å². The van der Waals surface area contributed by atoms with Crippen LogP contribution in [0.15, 0.2) is 18.7 Å². The molecule has 0 aliphatic heterocycles. The fourth-order valence-electron chi connectivity index (χ4n) is 2.25. The Morgan fingerprint density at radius 1 is 1.33 bits per heavy atom. The summed E-state index contributed by atoms with van der Waals surface area (Å²) in [5.41, 5.74) is 1.73. The number of aromatic carboxylic acids is 1. The van der Waals surface area contributed by atoms with Gasteiger partial charge in [0.2, 0.25) is 0 Å². The standard InChI is InChI=1S/C14H19N5O2/c1-3-10-11(4-2)17-18-13(12(10)14(20)21)16-6-8-19-7-5-15-9-19/h5,7,9H,3-4,6,8H2,1-2H3,(H,16,18)(H,20,21). The molecule has 2 heterocycles. The lowest BCUT2D eigenvalue weighted by Crippen LogP contribution is -2.17. The van der Waals surface area contributed by atoms with Crippen LogP contribution in [0.25, 0.3) is 0 Å². The fraction of sp³-hybridized carbons (Fsp3) is 0.429. The maximum atomic E-state index is 11.5. The molecule has 0 unspecified atom stereocenters. The number of hydrogen-bond acceptors (Lipinski definition) is 5. The summed E-state index contributed by atoms with van der Waals surface area (Å²) in [4.78, 5) is 15.5. The molecule has 0 radical (unpaired) electrons. The number of rotatable bonds is 7. The maximum absolute atomic E-state index is 11.5. The van der Waals surface area contributed by atoms with E-state index in [2.05, 4.69) is 20.5 Å². The molecule has 7 heteroatoms. The highest BCUT2D eigenvalue weighted by Crippen LogP contribution is 2.20. The third-order valence-electron chi connectivity index (χ3n) is 3.28. The van der Waals surface area contributed by atoms with Gasteiger partial charge in [-0.25, -0.2) is 9.78 Å². The summed E-state index contributed by atoms with van der Waals surface area (Å²) < 4.78 is 1.90. The summed E-state index contributed by atoms with van der Waals surface area (Å²) in [5, 5.41) is 20.7. The number of carbonyl (C=O) groups is 1. The number of nitrogens with zero attached hydrogens (tertiary/aromatic N) is 4. The van der Waals surface area contributed by atoms with Gasteiger partial charge in [0.15, 0.2) is 5.82 Å². The Hall–Kier alpha value is -2.44. The zero-order chi connectivity index (χ0) is 15.2. The quantitative estimate of drug-likeness (QED) is 0.804. The molecule has 2 aromatic rings. The molecule has 0 aliphatic carbocycles. The van der Waals surface area contributed by atoms with Crippen molar-refractivity contribution in [2.45, 2.75) is 33.2 Å². The summed E-state index contributed by atoms with van der Waals surface area (Å²) >= 11 is 0. The van der Waals surface area contributed by atoms with Gasteiger partial charge in [-0.3, -0.25) is 0 Å². The highest BCUT2D eigenvalue weighted by Gasteiger charge is 2.19. The van der Waals surface area contributed by atoms with Gasteiger partial charge in [0.1, 0.15) is 5.56 Å². The van der Waals surface area contributed by atoms with Gasteiger partial charge in [-0.1, -0.05) is 13.8 Å². The van der Waals surface area contributed by atoms with Crippen LogP contribution in [0.2, 0.25) is 0 Å². The van der Waals surface area contributed by atoms with Crippen molar-refractivity contribution in [2.75, 3.05) is 11.9 Å². The first kappa shape index (κ1) is 15.0. The van der Waals surface area contributed by atoms with E-state index in [4.69, 9.17) is 0 Å². The van der Waals surface area contributed by atoms with E-state index in [0.717, 1.165) is 11.3 Å². The van der Waals surface area contributed by atoms with Crippen molar-refractivity contribution >= 4 is 11.8 Å². The lowest BCUT2D eigenvalue weighted by atomic mass is 10.0. The monoisotopic (exact) mass is 289 g/mol. The van der Waals surface area contributed by atoms with Gasteiger partial charge in [0, 0.05) is 25.5 Å². The van der Waals surface area contributed by atoms with Gasteiger partial charge < -0.3 is 15.0 Å². The number of carboxylic acids is 1. The van der Waals surface area contributed by atoms with E-state index in [9.17, 15) is 9.90 Å². The van der Waals surface area contributed by atoms with Crippen molar-refractivity contribution in [1.82, 2.24) is 19.7 Å². The molecule has 21 heavy (non-hydrogen) atoms. The maximum Gasteiger partial charge on any atom is 0.339 e. The van der Waals surface area contributed by atoms with E-state index in [1.165, 1.54) is 0 Å². The SMILES string of the molecule is CCc1nnc(NCCn2ccnc2)c(C(=O)O)c1CC. The fourth-order valence-corrected chi connectivity index (χ4v) is 2.25. The molecule has 0 aliphatic rings. The molecule has 0 bridgehead atoms. The van der Waals surface area contributed by atoms with Crippen LogP contribution in [-0.2, 0) is 19.4 Å². The molecule has 0 amide bonds. The molecule has 0 fully saturated rings. The number of nitrogens with one attached hydrogen (secondary N) is 1. The zero-order valence-corrected chi connectivity index (χ0v) is 12.2. The zero-order valence-electron chi connectivity index (χ0n) is 12.2. The summed E-state index contributed by atoms with van der Waals surface area (Å²) in [6.07, 6.45) is 6.56. The summed E-state index contributed by atoms with van der Waals surface area (Å²) in [5.74, 6) is -0.641. The minimum Gasteiger partial charge on any atom is -0.478 e. The number of aromatic nitrogens is 4. The van der Waals surface area contributed by atoms with Crippen molar-refractivity contribution in [2.24, 2.45) is 0 Å². The van der Waals surface area contributed by atoms with E-state index < -0.39 is 5.97 Å². The molecular formula is C14H19N5O2. The second kappa shape index (κ2) is 6.83. The summed E-state index contributed by atoms with van der Waals surface area (Å²) in [6.45, 7) is 5.11. The topological polar surface area (TPSA) is 92.9 Å². The molecule has 0 saturated heterocycles. The molecule has 112 valence electrons. The Bertz CT molecular complexity index is 610. The Balaban J connectivity index is 2.20. The Labute approximate surface area is 123 Å². The van der Waals surface area contributed by atoms with Crippen LogP contribution in [0.4, 0.5) is 5.82 Å². The molecule has 2 aromatic heterocycles. The second-order valence-electron chi connectivity index (χ2n) is 4.59. The Kier molecular flexibility index (Phi) is 4.86. The van der Waals surface area contributed by atoms with Crippen LogP contribution < -0.4 is 5.32 Å². The smallest absolute Gasteiger partial charge is 0.339 e. The number of aryl methyl sites for hydroxylation is 1. The molecular weight excluding hydrogens is 270 g/mol. The van der Waals surface area contributed by atoms with Crippen molar-refractivity contribution in [3.8, 4) is 0 Å². The van der Waals surface area contributed by atoms with Crippen LogP contribution in [0.1, 0.15) is 35.5 Å². The van der Waals surface area contributed by atoms with Gasteiger partial charge in [-0.05, 0) is 18.4 Å². The molecule has 0 aromatic carbocycles. The number of hydrogen-bond donors (Lipinski definition) is 2. The molecule has 0 atom stereocenters. The van der Waals surface area contributed by atoms with Crippen molar-refractivity contribution in [3.05, 3.63) is 35.5 Å². The highest BCUT2D eigenvalue weighted by molar-refractivity contribution is 5.95. The second-order valence-corrected chi connectivity index (χ2v) is 4.59. The van der Waals surface area contributed by atoms with Crippen molar-refractivity contribution < 1.29 is 9.90 Å². The first-order valence-corrected chi connectivity index (χ1v) is 6.98. The highest BCUT2D eigenvalue weighted by atomic mass is 16.4. The molecule has 0 saturated carbocycles. The minimum absolute atomic E-state index is 0.231. The lowest BCUT2D eigenvalue weighted by molar-refractivity contribution is 0.0696. The van der Waals surface area contributed by atoms with Crippen LogP contribution in [0.3, 0.4) is 0 Å². The molecule has 0 spiro atoms. The lowest BCUT2D eigenvalue weighted by Gasteiger charge is -2.13. The van der Waals surface area contributed by atoms with Crippen LogP contribution >= 0.6 is 0 Å². The number of imidazole rings is 1. The van der Waals surface area contributed by atoms with E-state index in [1.807, 2.05) is 24.6 Å². The summed E-state index contributed by atoms with van der Waals surface area (Å²) in [7, 11) is 0. The number of anilines is 1. The van der Waals surface area contributed by atoms with Gasteiger partial charge in [0.05, 0.1) is 12.0 Å². The minimum atomic E-state index is -0.971. The van der Waals surface area contributed by atoms with Gasteiger partial charge in [0.25, 0.3) is 0 Å². The number of carboxylic acid groups (broad SMARTS) is 1. The average molecular weight is 289 g/mol. The normalized spacial score (nSPS) is 10.6. The van der Waals surface area contributed by atoms with Gasteiger partial charge in [-0.2, -0.15) is 5.10 Å². The molecule has 7 nitrogen and oxygen atoms in total. The third kappa shape index (κ3) is 3.36. The van der Waals surface area contributed by atoms with E-state index >= 15 is 0 Å². The van der Waals surface area contributed by atoms with Crippen LogP contribution in [-0.4, -0.2) is 37.4 Å². The van der Waals surface area contributed by atoms with Crippen molar-refractivity contribution in [3.63, 3.8) is 0 Å². The first-order valence-electron chi connectivity index (χ1n) is 6.98. The van der Waals surface area contributed by atoms with Gasteiger partial charge >= 0.3 is 5.97 Å². The van der Waals surface area contributed by atoms with Crippen molar-refractivity contribution in [1.29, 1.82) is 0 Å². The first-order chi connectivity index (χ1) is 10.2. The van der Waals surface area contributed by atoms with Crippen LogP contribution in [0, 0.1) is 0 Å². The third-order valence-corrected chi connectivity index (χ3v) is 3.28. The predicted molar refractivity (Wildman–Crippen MR) is 78.5 cm³/mol. The Morgan fingerprint density at radius 3 is 2.71 bits per heavy atom. The predicted octanol–water partition coefficient (Wildman–Crippen LogP) is 1.61. The van der Waals surface area contributed by atoms with Gasteiger partial charge in [-0.15, -0.1) is 5.10 Å².